The van der Waals surface area contributed by atoms with E-state index < -0.39 is 0 Å². The third kappa shape index (κ3) is 2.33. The van der Waals surface area contributed by atoms with Crippen molar-refractivity contribution in [3.8, 4) is 5.75 Å². The first-order valence-corrected chi connectivity index (χ1v) is 8.13. The number of phenolic OH excluding ortho intramolecular Hbond substituents is 1. The minimum absolute atomic E-state index is 0.247. The van der Waals surface area contributed by atoms with E-state index in [1.54, 1.807) is 0 Å². The molecule has 0 spiro atoms. The Labute approximate surface area is 122 Å². The van der Waals surface area contributed by atoms with Crippen LogP contribution in [-0.4, -0.2) is 10.9 Å². The van der Waals surface area contributed by atoms with Crippen molar-refractivity contribution >= 4 is 22.7 Å². The molecule has 3 nitrogen and oxygen atoms in total. The Balaban J connectivity index is 2.09. The lowest BCUT2D eigenvalue weighted by molar-refractivity contribution is 0.476. The first-order chi connectivity index (χ1) is 9.70. The molecule has 1 aromatic heterocycles. The van der Waals surface area contributed by atoms with Crippen LogP contribution in [0.15, 0.2) is 26.2 Å². The fourth-order valence-corrected chi connectivity index (χ4v) is 3.83. The average Bonchev–Trinajstić information content (AvgIpc) is 2.88. The van der Waals surface area contributed by atoms with Gasteiger partial charge in [-0.05, 0) is 42.5 Å². The van der Waals surface area contributed by atoms with Gasteiger partial charge in [0.1, 0.15) is 11.3 Å². The Morgan fingerprint density at radius 3 is 3.00 bits per heavy atom. The molecule has 1 aromatic carbocycles. The van der Waals surface area contributed by atoms with Gasteiger partial charge in [-0.1, -0.05) is 19.8 Å². The second kappa shape index (κ2) is 5.52. The van der Waals surface area contributed by atoms with Crippen molar-refractivity contribution in [1.82, 2.24) is 0 Å². The number of benzene rings is 1. The van der Waals surface area contributed by atoms with Crippen LogP contribution < -0.4 is 5.63 Å². The molecule has 106 valence electrons. The van der Waals surface area contributed by atoms with Gasteiger partial charge in [0, 0.05) is 5.75 Å². The van der Waals surface area contributed by atoms with Crippen LogP contribution in [0, 0.1) is 0 Å². The van der Waals surface area contributed by atoms with Gasteiger partial charge in [0.15, 0.2) is 0 Å². The topological polar surface area (TPSA) is 50.4 Å². The third-order valence-corrected chi connectivity index (χ3v) is 4.88. The largest absolute Gasteiger partial charge is 0.507 e. The molecule has 0 amide bonds. The van der Waals surface area contributed by atoms with Crippen LogP contribution in [0.2, 0.25) is 0 Å². The zero-order chi connectivity index (χ0) is 14.1. The monoisotopic (exact) mass is 290 g/mol. The van der Waals surface area contributed by atoms with Gasteiger partial charge in [-0.3, -0.25) is 0 Å². The van der Waals surface area contributed by atoms with E-state index in [1.165, 1.54) is 24.6 Å². The van der Waals surface area contributed by atoms with Crippen LogP contribution in [0.25, 0.3) is 11.0 Å². The van der Waals surface area contributed by atoms with Gasteiger partial charge in [0.25, 0.3) is 0 Å². The number of unbranched alkanes of at least 4 members (excludes halogenated alkanes) is 2. The molecule has 0 bridgehead atoms. The number of phenols is 1. The van der Waals surface area contributed by atoms with Crippen LogP contribution in [-0.2, 0) is 12.8 Å². The van der Waals surface area contributed by atoms with Gasteiger partial charge in [-0.2, -0.15) is 0 Å². The predicted octanol–water partition coefficient (Wildman–Crippen LogP) is 3.88. The molecule has 0 atom stereocenters. The molecule has 0 saturated carbocycles. The number of aromatic hydroxyl groups is 1. The van der Waals surface area contributed by atoms with Gasteiger partial charge < -0.3 is 9.52 Å². The van der Waals surface area contributed by atoms with Crippen LogP contribution in [0.4, 0.5) is 0 Å². The van der Waals surface area contributed by atoms with Gasteiger partial charge in [-0.25, -0.2) is 4.79 Å². The van der Waals surface area contributed by atoms with E-state index in [0.29, 0.717) is 10.5 Å². The van der Waals surface area contributed by atoms with Crippen molar-refractivity contribution in [1.29, 1.82) is 0 Å². The van der Waals surface area contributed by atoms with E-state index in [-0.39, 0.29) is 11.4 Å². The molecule has 2 heterocycles. The molecular formula is C16H18O3S. The molecule has 4 heteroatoms. The van der Waals surface area contributed by atoms with Crippen molar-refractivity contribution in [2.75, 3.05) is 5.75 Å². The molecule has 20 heavy (non-hydrogen) atoms. The van der Waals surface area contributed by atoms with Crippen LogP contribution >= 0.6 is 11.8 Å². The number of aryl methyl sites for hydroxylation is 2. The molecule has 3 rings (SSSR count). The molecule has 0 unspecified atom stereocenters. The predicted molar refractivity (Wildman–Crippen MR) is 81.8 cm³/mol. The van der Waals surface area contributed by atoms with Crippen molar-refractivity contribution in [3.05, 3.63) is 33.7 Å². The molecule has 2 aromatic rings. The van der Waals surface area contributed by atoms with E-state index in [0.717, 1.165) is 41.5 Å². The lowest BCUT2D eigenvalue weighted by Gasteiger charge is -2.08. The molecule has 1 N–H and O–H groups in total. The first-order valence-electron chi connectivity index (χ1n) is 7.15. The fourth-order valence-electron chi connectivity index (χ4n) is 2.79. The Morgan fingerprint density at radius 1 is 1.35 bits per heavy atom. The normalized spacial score (nSPS) is 13.8. The van der Waals surface area contributed by atoms with Crippen LogP contribution in [0.5, 0.6) is 5.75 Å². The molecule has 0 aliphatic carbocycles. The highest BCUT2D eigenvalue weighted by Gasteiger charge is 2.22. The highest BCUT2D eigenvalue weighted by Crippen LogP contribution is 2.38. The van der Waals surface area contributed by atoms with E-state index in [2.05, 4.69) is 6.92 Å². The Kier molecular flexibility index (Phi) is 3.74. The molecule has 0 saturated heterocycles. The van der Waals surface area contributed by atoms with E-state index in [4.69, 9.17) is 4.42 Å². The van der Waals surface area contributed by atoms with Gasteiger partial charge in [-0.15, -0.1) is 11.8 Å². The zero-order valence-electron chi connectivity index (χ0n) is 11.6. The second-order valence-electron chi connectivity index (χ2n) is 5.24. The smallest absolute Gasteiger partial charge is 0.350 e. The van der Waals surface area contributed by atoms with Crippen molar-refractivity contribution in [3.63, 3.8) is 0 Å². The highest BCUT2D eigenvalue weighted by atomic mass is 32.2. The number of thioether (sulfide) groups is 1. The quantitative estimate of drug-likeness (QED) is 0.686. The maximum atomic E-state index is 11.9. The van der Waals surface area contributed by atoms with Crippen LogP contribution in [0.3, 0.4) is 0 Å². The summed E-state index contributed by atoms with van der Waals surface area (Å²) in [5.74, 6) is 1.13. The molecule has 0 radical (unpaired) electrons. The summed E-state index contributed by atoms with van der Waals surface area (Å²) >= 11 is 1.52. The summed E-state index contributed by atoms with van der Waals surface area (Å²) in [5, 5.41) is 11.0. The van der Waals surface area contributed by atoms with Gasteiger partial charge in [0.05, 0.1) is 10.3 Å². The Morgan fingerprint density at radius 2 is 2.20 bits per heavy atom. The summed E-state index contributed by atoms with van der Waals surface area (Å²) < 4.78 is 5.40. The minimum atomic E-state index is -0.264. The minimum Gasteiger partial charge on any atom is -0.507 e. The fraction of sp³-hybridized carbons (Fsp3) is 0.438. The summed E-state index contributed by atoms with van der Waals surface area (Å²) in [6.07, 6.45) is 5.16. The number of rotatable bonds is 4. The third-order valence-electron chi connectivity index (χ3n) is 3.77. The summed E-state index contributed by atoms with van der Waals surface area (Å²) in [4.78, 5) is 12.6. The standard InChI is InChI=1S/C16H18O3S/c1-2-3-4-5-10-8-12(17)14-11-6-7-20-15(11)16(18)19-13(14)9-10/h8-9,17H,2-7H2,1H3. The Bertz CT molecular complexity index is 703. The van der Waals surface area contributed by atoms with E-state index in [1.807, 2.05) is 12.1 Å². The van der Waals surface area contributed by atoms with Gasteiger partial charge in [0.2, 0.25) is 0 Å². The lowest BCUT2D eigenvalue weighted by atomic mass is 10.0. The Hall–Kier alpha value is -1.42. The summed E-state index contributed by atoms with van der Waals surface area (Å²) in [5.41, 5.74) is 2.26. The average molecular weight is 290 g/mol. The molecule has 1 aliphatic heterocycles. The molecular weight excluding hydrogens is 272 g/mol. The van der Waals surface area contributed by atoms with Gasteiger partial charge >= 0.3 is 5.63 Å². The van der Waals surface area contributed by atoms with Crippen LogP contribution in [0.1, 0.15) is 37.3 Å². The van der Waals surface area contributed by atoms with Crippen molar-refractivity contribution in [2.45, 2.75) is 43.9 Å². The second-order valence-corrected chi connectivity index (χ2v) is 6.35. The maximum absolute atomic E-state index is 11.9. The number of hydrogen-bond acceptors (Lipinski definition) is 4. The number of hydrogen-bond donors (Lipinski definition) is 1. The number of fused-ring (bicyclic) bond motifs is 3. The van der Waals surface area contributed by atoms with E-state index in [9.17, 15) is 9.90 Å². The summed E-state index contributed by atoms with van der Waals surface area (Å²) in [7, 11) is 0. The molecule has 0 fully saturated rings. The van der Waals surface area contributed by atoms with E-state index >= 15 is 0 Å². The van der Waals surface area contributed by atoms with Crippen molar-refractivity contribution < 1.29 is 9.52 Å². The highest BCUT2D eigenvalue weighted by molar-refractivity contribution is 7.99. The SMILES string of the molecule is CCCCCc1cc(O)c2c3c(c(=O)oc2c1)SCC3. The van der Waals surface area contributed by atoms with Crippen molar-refractivity contribution in [2.24, 2.45) is 0 Å². The summed E-state index contributed by atoms with van der Waals surface area (Å²) in [6.45, 7) is 2.16. The molecule has 1 aliphatic rings. The summed E-state index contributed by atoms with van der Waals surface area (Å²) in [6, 6.07) is 3.73. The zero-order valence-corrected chi connectivity index (χ0v) is 12.4. The first kappa shape index (κ1) is 13.6. The maximum Gasteiger partial charge on any atom is 0.350 e. The lowest BCUT2D eigenvalue weighted by Crippen LogP contribution is -2.03.